The van der Waals surface area contributed by atoms with Gasteiger partial charge in [0, 0.05) is 43.3 Å². The maximum absolute atomic E-state index is 12.8. The van der Waals surface area contributed by atoms with Gasteiger partial charge in [0.05, 0.1) is 11.9 Å². The van der Waals surface area contributed by atoms with Gasteiger partial charge in [-0.15, -0.1) is 0 Å². The first-order valence-electron chi connectivity index (χ1n) is 9.90. The summed E-state index contributed by atoms with van der Waals surface area (Å²) in [7, 11) is 3.56. The van der Waals surface area contributed by atoms with Crippen LogP contribution in [0.5, 0.6) is 0 Å². The summed E-state index contributed by atoms with van der Waals surface area (Å²) in [5, 5.41) is 5.15. The third kappa shape index (κ3) is 3.10. The van der Waals surface area contributed by atoms with Crippen LogP contribution in [0.4, 0.5) is 11.6 Å². The molecule has 0 atom stereocenters. The van der Waals surface area contributed by atoms with Crippen LogP contribution in [0, 0.1) is 0 Å². The molecule has 4 aromatic heterocycles. The molecule has 1 saturated carbocycles. The van der Waals surface area contributed by atoms with Crippen molar-refractivity contribution < 1.29 is 4.79 Å². The topological polar surface area (TPSA) is 91.7 Å². The third-order valence-corrected chi connectivity index (χ3v) is 5.55. The number of fused-ring (bicyclic) bond motifs is 2. The smallest absolute Gasteiger partial charge is 0.270 e. The van der Waals surface area contributed by atoms with Gasteiger partial charge in [0.25, 0.3) is 5.91 Å². The molecule has 0 bridgehead atoms. The van der Waals surface area contributed by atoms with Crippen LogP contribution >= 0.6 is 0 Å². The summed E-state index contributed by atoms with van der Waals surface area (Å²) in [6, 6.07) is 6.19. The Bertz CT molecular complexity index is 1200. The Labute approximate surface area is 168 Å². The summed E-state index contributed by atoms with van der Waals surface area (Å²) < 4.78 is 2.12. The van der Waals surface area contributed by atoms with Crippen LogP contribution in [0.1, 0.15) is 42.2 Å². The predicted molar refractivity (Wildman–Crippen MR) is 112 cm³/mol. The Hall–Kier alpha value is -3.42. The van der Waals surface area contributed by atoms with Crippen molar-refractivity contribution >= 4 is 39.6 Å². The fourth-order valence-electron chi connectivity index (χ4n) is 4.13. The minimum atomic E-state index is -0.00785. The van der Waals surface area contributed by atoms with Crippen LogP contribution in [0.15, 0.2) is 36.8 Å². The highest BCUT2D eigenvalue weighted by atomic mass is 16.2. The Morgan fingerprint density at radius 1 is 1.17 bits per heavy atom. The minimum absolute atomic E-state index is 0.00785. The van der Waals surface area contributed by atoms with E-state index in [1.54, 1.807) is 31.4 Å². The molecule has 0 spiro atoms. The van der Waals surface area contributed by atoms with E-state index in [-0.39, 0.29) is 5.91 Å². The third-order valence-electron chi connectivity index (χ3n) is 5.55. The molecule has 148 valence electrons. The molecule has 0 saturated heterocycles. The van der Waals surface area contributed by atoms with Crippen molar-refractivity contribution in [3.63, 3.8) is 0 Å². The second kappa shape index (κ2) is 6.88. The summed E-state index contributed by atoms with van der Waals surface area (Å²) >= 11 is 0. The Balaban J connectivity index is 1.57. The van der Waals surface area contributed by atoms with Crippen molar-refractivity contribution in [2.75, 3.05) is 19.4 Å². The number of amides is 1. The van der Waals surface area contributed by atoms with E-state index in [1.807, 2.05) is 24.4 Å². The molecule has 0 unspecified atom stereocenters. The van der Waals surface area contributed by atoms with Gasteiger partial charge in [0.2, 0.25) is 5.95 Å². The van der Waals surface area contributed by atoms with E-state index in [2.05, 4.69) is 24.8 Å². The molecule has 0 radical (unpaired) electrons. The normalized spacial score (nSPS) is 14.7. The number of aromatic amines is 1. The average Bonchev–Trinajstić information content (AvgIpc) is 3.45. The van der Waals surface area contributed by atoms with Crippen molar-refractivity contribution in [2.24, 2.45) is 0 Å². The molecular weight excluding hydrogens is 366 g/mol. The lowest BCUT2D eigenvalue weighted by molar-refractivity contribution is 0.0815. The van der Waals surface area contributed by atoms with E-state index < -0.39 is 0 Å². The number of carbonyl (C=O) groups excluding carboxylic acids is 1. The SMILES string of the molecule is CN(C)C(=O)c1cc2cnc(Nc3cnc4[nH]ccc4c3)nc2n1C1CCCC1. The summed E-state index contributed by atoms with van der Waals surface area (Å²) in [5.74, 6) is 0.488. The summed E-state index contributed by atoms with van der Waals surface area (Å²) in [6.45, 7) is 0. The van der Waals surface area contributed by atoms with Crippen LogP contribution in [-0.4, -0.2) is 49.4 Å². The van der Waals surface area contributed by atoms with Crippen molar-refractivity contribution in [3.05, 3.63) is 42.5 Å². The molecule has 4 heterocycles. The molecule has 0 aromatic carbocycles. The maximum atomic E-state index is 12.8. The zero-order chi connectivity index (χ0) is 20.0. The Morgan fingerprint density at radius 3 is 2.79 bits per heavy atom. The van der Waals surface area contributed by atoms with E-state index in [0.29, 0.717) is 17.7 Å². The lowest BCUT2D eigenvalue weighted by Gasteiger charge is -2.19. The maximum Gasteiger partial charge on any atom is 0.270 e. The molecule has 1 amide bonds. The average molecular weight is 389 g/mol. The zero-order valence-electron chi connectivity index (χ0n) is 16.5. The molecular formula is C21H23N7O. The van der Waals surface area contributed by atoms with E-state index in [9.17, 15) is 4.79 Å². The number of nitrogens with zero attached hydrogens (tertiary/aromatic N) is 5. The number of carbonyl (C=O) groups is 1. The van der Waals surface area contributed by atoms with Gasteiger partial charge in [-0.05, 0) is 31.0 Å². The molecule has 5 rings (SSSR count). The summed E-state index contributed by atoms with van der Waals surface area (Å²) in [6.07, 6.45) is 9.89. The molecule has 0 aliphatic heterocycles. The van der Waals surface area contributed by atoms with Crippen LogP contribution < -0.4 is 5.32 Å². The molecule has 1 aliphatic carbocycles. The van der Waals surface area contributed by atoms with Crippen molar-refractivity contribution in [1.29, 1.82) is 0 Å². The van der Waals surface area contributed by atoms with Gasteiger partial charge in [-0.25, -0.2) is 9.97 Å². The standard InChI is InChI=1S/C21H23N7O/c1-27(2)20(29)17-10-14-11-24-21(26-19(14)28(17)16-5-3-4-6-16)25-15-9-13-7-8-22-18(13)23-12-15/h7-12,16H,3-6H2,1-2H3,(H,22,23)(H,24,25,26). The van der Waals surface area contributed by atoms with Crippen molar-refractivity contribution in [2.45, 2.75) is 31.7 Å². The summed E-state index contributed by atoms with van der Waals surface area (Å²) in [5.41, 5.74) is 3.14. The van der Waals surface area contributed by atoms with Gasteiger partial charge in [-0.1, -0.05) is 12.8 Å². The number of aromatic nitrogens is 5. The summed E-state index contributed by atoms with van der Waals surface area (Å²) in [4.78, 5) is 31.1. The lowest BCUT2D eigenvalue weighted by atomic mass is 10.2. The van der Waals surface area contributed by atoms with Gasteiger partial charge < -0.3 is 19.8 Å². The predicted octanol–water partition coefficient (Wildman–Crippen LogP) is 3.87. The van der Waals surface area contributed by atoms with Gasteiger partial charge >= 0.3 is 0 Å². The number of hydrogen-bond donors (Lipinski definition) is 2. The molecule has 8 heteroatoms. The Morgan fingerprint density at radius 2 is 2.00 bits per heavy atom. The highest BCUT2D eigenvalue weighted by Crippen LogP contribution is 2.35. The molecule has 2 N–H and O–H groups in total. The Kier molecular flexibility index (Phi) is 4.19. The number of pyridine rings is 1. The monoisotopic (exact) mass is 389 g/mol. The van der Waals surface area contributed by atoms with Crippen LogP contribution in [0.2, 0.25) is 0 Å². The van der Waals surface area contributed by atoms with Gasteiger partial charge in [0.15, 0.2) is 0 Å². The zero-order valence-corrected chi connectivity index (χ0v) is 16.5. The molecule has 8 nitrogen and oxygen atoms in total. The fraction of sp³-hybridized carbons (Fsp3) is 0.333. The first-order chi connectivity index (χ1) is 14.1. The molecule has 1 aliphatic rings. The number of anilines is 2. The minimum Gasteiger partial charge on any atom is -0.346 e. The second-order valence-corrected chi connectivity index (χ2v) is 7.77. The molecule has 29 heavy (non-hydrogen) atoms. The highest BCUT2D eigenvalue weighted by Gasteiger charge is 2.26. The lowest BCUT2D eigenvalue weighted by Crippen LogP contribution is -2.25. The molecule has 4 aromatic rings. The van der Waals surface area contributed by atoms with Crippen LogP contribution in [-0.2, 0) is 0 Å². The van der Waals surface area contributed by atoms with Gasteiger partial charge in [0.1, 0.15) is 17.0 Å². The molecule has 1 fully saturated rings. The van der Waals surface area contributed by atoms with Gasteiger partial charge in [-0.3, -0.25) is 4.79 Å². The number of nitrogens with one attached hydrogen (secondary N) is 2. The quantitative estimate of drug-likeness (QED) is 0.553. The largest absolute Gasteiger partial charge is 0.346 e. The van der Waals surface area contributed by atoms with Crippen LogP contribution in [0.3, 0.4) is 0 Å². The van der Waals surface area contributed by atoms with Crippen LogP contribution in [0.25, 0.3) is 22.1 Å². The number of rotatable bonds is 4. The number of hydrogen-bond acceptors (Lipinski definition) is 5. The van der Waals surface area contributed by atoms with Crippen molar-refractivity contribution in [1.82, 2.24) is 29.4 Å². The van der Waals surface area contributed by atoms with Crippen molar-refractivity contribution in [3.8, 4) is 0 Å². The van der Waals surface area contributed by atoms with E-state index in [1.165, 1.54) is 12.8 Å². The first-order valence-corrected chi connectivity index (χ1v) is 9.90. The second-order valence-electron chi connectivity index (χ2n) is 7.77. The highest BCUT2D eigenvalue weighted by molar-refractivity contribution is 5.98. The fourth-order valence-corrected chi connectivity index (χ4v) is 4.13. The van der Waals surface area contributed by atoms with E-state index >= 15 is 0 Å². The van der Waals surface area contributed by atoms with E-state index in [0.717, 1.165) is 40.6 Å². The van der Waals surface area contributed by atoms with Gasteiger partial charge in [-0.2, -0.15) is 4.98 Å². The number of H-pyrrole nitrogens is 1. The first kappa shape index (κ1) is 17.7. The van der Waals surface area contributed by atoms with E-state index in [4.69, 9.17) is 4.98 Å².